The van der Waals surface area contributed by atoms with Gasteiger partial charge in [0.15, 0.2) is 0 Å². The number of imide groups is 1. The average Bonchev–Trinajstić information content (AvgIpc) is 3.19. The van der Waals surface area contributed by atoms with Gasteiger partial charge in [0, 0.05) is 19.9 Å². The fraction of sp³-hybridized carbons (Fsp3) is 0.469. The number of fused-ring (bicyclic) bond motifs is 1. The van der Waals surface area contributed by atoms with Crippen molar-refractivity contribution in [2.45, 2.75) is 83.4 Å². The zero-order chi connectivity index (χ0) is 32.9. The minimum Gasteiger partial charge on any atom is -0.490 e. The number of rotatable bonds is 12. The van der Waals surface area contributed by atoms with Crippen LogP contribution in [0.1, 0.15) is 70.0 Å². The summed E-state index contributed by atoms with van der Waals surface area (Å²) < 4.78 is 14.3. The van der Waals surface area contributed by atoms with Crippen LogP contribution < -0.4 is 26.8 Å². The van der Waals surface area contributed by atoms with E-state index >= 15 is 0 Å². The van der Waals surface area contributed by atoms with Gasteiger partial charge in [-0.2, -0.15) is 0 Å². The van der Waals surface area contributed by atoms with Crippen LogP contribution in [0.25, 0.3) is 11.0 Å². The maximum Gasteiger partial charge on any atom is 0.407 e. The summed E-state index contributed by atoms with van der Waals surface area (Å²) in [4.78, 5) is 60.8. The third kappa shape index (κ3) is 8.65. The third-order valence-corrected chi connectivity index (χ3v) is 7.96. The molecule has 242 valence electrons. The second-order valence-corrected chi connectivity index (χ2v) is 12.6. The number of carbonyl (C=O) groups is 4. The van der Waals surface area contributed by atoms with E-state index in [0.29, 0.717) is 34.6 Å². The van der Waals surface area contributed by atoms with E-state index in [1.165, 1.54) is 9.13 Å². The Labute approximate surface area is 266 Å². The van der Waals surface area contributed by atoms with Crippen molar-refractivity contribution in [3.8, 4) is 5.75 Å². The van der Waals surface area contributed by atoms with E-state index in [4.69, 9.17) is 26.8 Å². The minimum atomic E-state index is -0.729. The number of carbonyl (C=O) groups excluding carboxylic acids is 4. The first-order chi connectivity index (χ1) is 21.2. The van der Waals surface area contributed by atoms with Crippen molar-refractivity contribution in [3.05, 3.63) is 63.0 Å². The molecule has 0 saturated carbocycles. The van der Waals surface area contributed by atoms with Gasteiger partial charge >= 0.3 is 11.8 Å². The number of hydrogen-bond acceptors (Lipinski definition) is 7. The molecule has 3 aromatic rings. The summed E-state index contributed by atoms with van der Waals surface area (Å²) in [5.41, 5.74) is 7.58. The van der Waals surface area contributed by atoms with Gasteiger partial charge in [0.2, 0.25) is 17.7 Å². The van der Waals surface area contributed by atoms with Crippen molar-refractivity contribution >= 4 is 46.4 Å². The Morgan fingerprint density at radius 3 is 2.58 bits per heavy atom. The lowest BCUT2D eigenvalue weighted by molar-refractivity contribution is -0.135. The first-order valence-corrected chi connectivity index (χ1v) is 15.3. The predicted octanol–water partition coefficient (Wildman–Crippen LogP) is 3.68. The molecule has 2 aromatic carbocycles. The van der Waals surface area contributed by atoms with E-state index in [0.717, 1.165) is 17.5 Å². The SMILES string of the molecule is Cn1c(=O)n(C2CCC(=O)NC2=O)c2ccc(CCCc3cccc(OCC(CCC(N)=O)NC(=O)OC(C)(C)C)c3Cl)cc21. The van der Waals surface area contributed by atoms with Crippen LogP contribution in [0.5, 0.6) is 5.75 Å². The Morgan fingerprint density at radius 2 is 1.89 bits per heavy atom. The molecule has 4 rings (SSSR count). The number of hydrogen-bond donors (Lipinski definition) is 3. The number of imidazole rings is 1. The van der Waals surface area contributed by atoms with E-state index < -0.39 is 35.6 Å². The van der Waals surface area contributed by atoms with Crippen LogP contribution in [0, 0.1) is 0 Å². The van der Waals surface area contributed by atoms with Gasteiger partial charge in [-0.1, -0.05) is 29.8 Å². The molecular weight excluding hydrogens is 602 g/mol. The topological polar surface area (TPSA) is 164 Å². The Balaban J connectivity index is 1.40. The Hall–Kier alpha value is -4.32. The minimum absolute atomic E-state index is 0.0624. The van der Waals surface area contributed by atoms with Gasteiger partial charge in [0.1, 0.15) is 24.0 Å². The third-order valence-electron chi connectivity index (χ3n) is 7.53. The van der Waals surface area contributed by atoms with Gasteiger partial charge in [0.25, 0.3) is 0 Å². The number of benzene rings is 2. The van der Waals surface area contributed by atoms with Gasteiger partial charge in [0.05, 0.1) is 22.1 Å². The van der Waals surface area contributed by atoms with Crippen molar-refractivity contribution in [3.63, 3.8) is 0 Å². The molecule has 4 N–H and O–H groups in total. The first kappa shape index (κ1) is 33.6. The summed E-state index contributed by atoms with van der Waals surface area (Å²) in [6, 6.07) is 9.99. The lowest BCUT2D eigenvalue weighted by Crippen LogP contribution is -2.44. The zero-order valence-corrected chi connectivity index (χ0v) is 26.7. The van der Waals surface area contributed by atoms with Crippen LogP contribution in [0.15, 0.2) is 41.2 Å². The second-order valence-electron chi connectivity index (χ2n) is 12.2. The molecule has 2 atom stereocenters. The standard InChI is InChI=1S/C32H40ClN5O7/c1-32(2,3)45-30(42)35-21(12-15-26(34)39)18-44-25-10-6-9-20(28(25)33)8-5-7-19-11-13-22-24(17-19)37(4)31(43)38(22)23-14-16-27(40)36-29(23)41/h6,9-11,13,17,21,23H,5,7-8,12,14-16,18H2,1-4H3,(H2,34,39)(H,35,42)(H,36,40,41). The van der Waals surface area contributed by atoms with Crippen molar-refractivity contribution in [2.75, 3.05) is 6.61 Å². The Morgan fingerprint density at radius 1 is 1.13 bits per heavy atom. The largest absolute Gasteiger partial charge is 0.490 e. The first-order valence-electron chi connectivity index (χ1n) is 14.9. The quantitative estimate of drug-likeness (QED) is 0.254. The molecule has 2 unspecified atom stereocenters. The summed E-state index contributed by atoms with van der Waals surface area (Å²) in [6.07, 6.45) is 2.32. The molecule has 0 spiro atoms. The number of nitrogens with two attached hydrogens (primary N) is 1. The summed E-state index contributed by atoms with van der Waals surface area (Å²) in [6.45, 7) is 5.34. The van der Waals surface area contributed by atoms with Gasteiger partial charge in [-0.15, -0.1) is 0 Å². The van der Waals surface area contributed by atoms with Crippen molar-refractivity contribution in [2.24, 2.45) is 12.8 Å². The van der Waals surface area contributed by atoms with E-state index in [1.807, 2.05) is 30.3 Å². The number of alkyl carbamates (subject to hydrolysis) is 1. The molecule has 2 heterocycles. The number of halogens is 1. The summed E-state index contributed by atoms with van der Waals surface area (Å²) in [7, 11) is 1.67. The highest BCUT2D eigenvalue weighted by atomic mass is 35.5. The van der Waals surface area contributed by atoms with Crippen molar-refractivity contribution in [1.82, 2.24) is 19.8 Å². The van der Waals surface area contributed by atoms with E-state index in [2.05, 4.69) is 10.6 Å². The smallest absolute Gasteiger partial charge is 0.407 e. The summed E-state index contributed by atoms with van der Waals surface area (Å²) in [5.74, 6) is -0.827. The predicted molar refractivity (Wildman–Crippen MR) is 169 cm³/mol. The monoisotopic (exact) mass is 641 g/mol. The van der Waals surface area contributed by atoms with E-state index in [-0.39, 0.29) is 43.9 Å². The van der Waals surface area contributed by atoms with Gasteiger partial charge in [-0.05, 0) is 82.2 Å². The fourth-order valence-electron chi connectivity index (χ4n) is 5.32. The highest BCUT2D eigenvalue weighted by Gasteiger charge is 2.31. The van der Waals surface area contributed by atoms with Crippen LogP contribution in [0.3, 0.4) is 0 Å². The number of ether oxygens (including phenoxy) is 2. The number of aromatic nitrogens is 2. The fourth-order valence-corrected chi connectivity index (χ4v) is 5.59. The summed E-state index contributed by atoms with van der Waals surface area (Å²) >= 11 is 6.70. The highest BCUT2D eigenvalue weighted by Crippen LogP contribution is 2.30. The maximum atomic E-state index is 13.1. The number of aryl methyl sites for hydroxylation is 3. The number of nitrogens with zero attached hydrogens (tertiary/aromatic N) is 2. The molecule has 0 bridgehead atoms. The lowest BCUT2D eigenvalue weighted by atomic mass is 10.0. The zero-order valence-electron chi connectivity index (χ0n) is 26.0. The average molecular weight is 642 g/mol. The normalized spacial score (nSPS) is 15.9. The number of amides is 4. The van der Waals surface area contributed by atoms with Gasteiger partial charge in [-0.3, -0.25) is 28.8 Å². The molecule has 1 aromatic heterocycles. The lowest BCUT2D eigenvalue weighted by Gasteiger charge is -2.24. The molecule has 1 fully saturated rings. The molecule has 45 heavy (non-hydrogen) atoms. The number of piperidine rings is 1. The van der Waals surface area contributed by atoms with Gasteiger partial charge in [-0.25, -0.2) is 9.59 Å². The molecule has 1 saturated heterocycles. The molecule has 13 heteroatoms. The summed E-state index contributed by atoms with van der Waals surface area (Å²) in [5, 5.41) is 5.52. The molecule has 1 aliphatic heterocycles. The Bertz CT molecular complexity index is 1660. The number of primary amides is 1. The molecule has 0 radical (unpaired) electrons. The van der Waals surface area contributed by atoms with E-state index in [1.54, 1.807) is 33.9 Å². The van der Waals surface area contributed by atoms with Crippen LogP contribution in [-0.2, 0) is 39.0 Å². The van der Waals surface area contributed by atoms with Crippen molar-refractivity contribution in [1.29, 1.82) is 0 Å². The van der Waals surface area contributed by atoms with Crippen LogP contribution in [0.2, 0.25) is 5.02 Å². The molecular formula is C32H40ClN5O7. The van der Waals surface area contributed by atoms with Crippen LogP contribution >= 0.6 is 11.6 Å². The van der Waals surface area contributed by atoms with Gasteiger partial charge < -0.3 is 20.5 Å². The van der Waals surface area contributed by atoms with Crippen LogP contribution in [-0.4, -0.2) is 51.2 Å². The number of nitrogens with one attached hydrogen (secondary N) is 2. The van der Waals surface area contributed by atoms with Crippen LogP contribution in [0.4, 0.5) is 4.79 Å². The molecule has 4 amide bonds. The molecule has 1 aliphatic rings. The maximum absolute atomic E-state index is 13.1. The second kappa shape index (κ2) is 14.2. The molecule has 12 nitrogen and oxygen atoms in total. The van der Waals surface area contributed by atoms with E-state index in [9.17, 15) is 24.0 Å². The Kier molecular flexibility index (Phi) is 10.6. The highest BCUT2D eigenvalue weighted by molar-refractivity contribution is 6.32. The molecule has 0 aliphatic carbocycles. The van der Waals surface area contributed by atoms with Crippen molar-refractivity contribution < 1.29 is 28.7 Å².